The quantitative estimate of drug-likeness (QED) is 0.572. The van der Waals surface area contributed by atoms with Crippen LogP contribution in [0, 0.1) is 0 Å². The maximum absolute atomic E-state index is 12.1. The number of allylic oxidation sites excluding steroid dienone is 1. The number of fused-ring (bicyclic) bond motifs is 1. The van der Waals surface area contributed by atoms with Gasteiger partial charge in [0.15, 0.2) is 5.78 Å². The number of carbonyl (C=O) groups excluding carboxylic acids is 1. The first kappa shape index (κ1) is 15.2. The summed E-state index contributed by atoms with van der Waals surface area (Å²) in [5.74, 6) is 0.609. The lowest BCUT2D eigenvalue weighted by atomic mass is 10.1. The van der Waals surface area contributed by atoms with Crippen molar-refractivity contribution >= 4 is 34.1 Å². The molecule has 4 nitrogen and oxygen atoms in total. The fourth-order valence-corrected chi connectivity index (χ4v) is 2.89. The van der Waals surface area contributed by atoms with E-state index in [0.29, 0.717) is 28.3 Å². The van der Waals surface area contributed by atoms with Gasteiger partial charge in [-0.3, -0.25) is 9.59 Å². The monoisotopic (exact) mass is 325 g/mol. The van der Waals surface area contributed by atoms with Gasteiger partial charge in [0.05, 0.1) is 17.0 Å². The molecule has 2 aromatic heterocycles. The maximum Gasteiger partial charge on any atom is 0.255 e. The minimum absolute atomic E-state index is 0.105. The standard InChI is InChI=1S/C18H15NO3S/c1-2-22-14-7-5-12-10-13(18(21)19-15(12)11-14)6-8-16(20)17-4-3-9-23-17/h3-11H,2H2,1H3,(H,19,21). The second-order valence-corrected chi connectivity index (χ2v) is 5.86. The fraction of sp³-hybridized carbons (Fsp3) is 0.111. The predicted molar refractivity (Wildman–Crippen MR) is 93.4 cm³/mol. The Morgan fingerprint density at radius 1 is 1.30 bits per heavy atom. The van der Waals surface area contributed by atoms with Crippen LogP contribution in [0.5, 0.6) is 5.75 Å². The second kappa shape index (κ2) is 6.62. The Hall–Kier alpha value is -2.66. The van der Waals surface area contributed by atoms with Crippen molar-refractivity contribution in [1.29, 1.82) is 0 Å². The summed E-state index contributed by atoms with van der Waals surface area (Å²) in [7, 11) is 0. The molecule has 0 saturated heterocycles. The first-order valence-electron chi connectivity index (χ1n) is 7.23. The molecule has 3 rings (SSSR count). The molecule has 1 N–H and O–H groups in total. The molecular formula is C18H15NO3S. The lowest BCUT2D eigenvalue weighted by Crippen LogP contribution is -2.09. The van der Waals surface area contributed by atoms with Crippen LogP contribution in [0.2, 0.25) is 0 Å². The molecule has 0 bridgehead atoms. The van der Waals surface area contributed by atoms with E-state index < -0.39 is 0 Å². The Morgan fingerprint density at radius 3 is 2.91 bits per heavy atom. The zero-order valence-corrected chi connectivity index (χ0v) is 13.4. The van der Waals surface area contributed by atoms with Gasteiger partial charge in [0, 0.05) is 11.6 Å². The maximum atomic E-state index is 12.1. The molecule has 0 aliphatic rings. The summed E-state index contributed by atoms with van der Waals surface area (Å²) in [5, 5.41) is 2.73. The van der Waals surface area contributed by atoms with Gasteiger partial charge in [0.1, 0.15) is 5.75 Å². The van der Waals surface area contributed by atoms with E-state index in [0.717, 1.165) is 5.39 Å². The number of carbonyl (C=O) groups is 1. The van der Waals surface area contributed by atoms with Crippen molar-refractivity contribution in [1.82, 2.24) is 4.98 Å². The highest BCUT2D eigenvalue weighted by Crippen LogP contribution is 2.19. The molecule has 5 heteroatoms. The molecule has 0 fully saturated rings. The Labute approximate surface area is 137 Å². The molecule has 0 unspecified atom stereocenters. The second-order valence-electron chi connectivity index (χ2n) is 4.91. The zero-order valence-electron chi connectivity index (χ0n) is 12.5. The minimum Gasteiger partial charge on any atom is -0.494 e. The Balaban J connectivity index is 1.92. The van der Waals surface area contributed by atoms with Crippen molar-refractivity contribution in [3.63, 3.8) is 0 Å². The van der Waals surface area contributed by atoms with Crippen molar-refractivity contribution in [2.75, 3.05) is 6.61 Å². The fourth-order valence-electron chi connectivity index (χ4n) is 2.24. The van der Waals surface area contributed by atoms with E-state index in [4.69, 9.17) is 4.74 Å². The van der Waals surface area contributed by atoms with Crippen LogP contribution < -0.4 is 10.3 Å². The molecule has 3 aromatic rings. The lowest BCUT2D eigenvalue weighted by molar-refractivity contribution is 0.105. The third-order valence-corrected chi connectivity index (χ3v) is 4.22. The summed E-state index contributed by atoms with van der Waals surface area (Å²) in [4.78, 5) is 27.6. The molecule has 116 valence electrons. The Bertz CT molecular complexity index is 923. The summed E-state index contributed by atoms with van der Waals surface area (Å²) >= 11 is 1.38. The number of pyridine rings is 1. The van der Waals surface area contributed by atoms with Crippen LogP contribution in [-0.2, 0) is 0 Å². The molecule has 1 aromatic carbocycles. The molecule has 0 amide bonds. The molecular weight excluding hydrogens is 310 g/mol. The number of rotatable bonds is 5. The normalized spacial score (nSPS) is 11.2. The molecule has 23 heavy (non-hydrogen) atoms. The summed E-state index contributed by atoms with van der Waals surface area (Å²) in [6, 6.07) is 10.9. The highest BCUT2D eigenvalue weighted by molar-refractivity contribution is 7.12. The largest absolute Gasteiger partial charge is 0.494 e. The molecule has 0 aliphatic heterocycles. The van der Waals surface area contributed by atoms with E-state index in [1.54, 1.807) is 24.3 Å². The molecule has 0 aliphatic carbocycles. The van der Waals surface area contributed by atoms with Crippen LogP contribution in [0.1, 0.15) is 22.2 Å². The van der Waals surface area contributed by atoms with Crippen LogP contribution >= 0.6 is 11.3 Å². The number of H-pyrrole nitrogens is 1. The average molecular weight is 325 g/mol. The number of thiophene rings is 1. The Kier molecular flexibility index (Phi) is 4.39. The summed E-state index contributed by atoms with van der Waals surface area (Å²) in [6.07, 6.45) is 2.98. The highest BCUT2D eigenvalue weighted by atomic mass is 32.1. The van der Waals surface area contributed by atoms with Gasteiger partial charge in [-0.1, -0.05) is 6.07 Å². The molecule has 0 spiro atoms. The number of hydrogen-bond acceptors (Lipinski definition) is 4. The summed E-state index contributed by atoms with van der Waals surface area (Å²) < 4.78 is 5.42. The summed E-state index contributed by atoms with van der Waals surface area (Å²) in [6.45, 7) is 2.48. The number of aromatic amines is 1. The summed E-state index contributed by atoms with van der Waals surface area (Å²) in [5.41, 5.74) is 0.927. The first-order valence-corrected chi connectivity index (χ1v) is 8.11. The van der Waals surface area contributed by atoms with Crippen molar-refractivity contribution in [3.05, 3.63) is 68.6 Å². The third-order valence-electron chi connectivity index (χ3n) is 3.34. The third kappa shape index (κ3) is 3.40. The van der Waals surface area contributed by atoms with Gasteiger partial charge in [-0.15, -0.1) is 11.3 Å². The van der Waals surface area contributed by atoms with Gasteiger partial charge in [-0.2, -0.15) is 0 Å². The molecule has 0 saturated carbocycles. The molecule has 2 heterocycles. The van der Waals surface area contributed by atoms with E-state index in [9.17, 15) is 9.59 Å². The Morgan fingerprint density at radius 2 is 2.17 bits per heavy atom. The van der Waals surface area contributed by atoms with Gasteiger partial charge >= 0.3 is 0 Å². The van der Waals surface area contributed by atoms with E-state index >= 15 is 0 Å². The number of ketones is 1. The van der Waals surface area contributed by atoms with E-state index in [-0.39, 0.29) is 11.3 Å². The van der Waals surface area contributed by atoms with Crippen LogP contribution in [-0.4, -0.2) is 17.4 Å². The van der Waals surface area contributed by atoms with E-state index in [2.05, 4.69) is 4.98 Å². The average Bonchev–Trinajstić information content (AvgIpc) is 3.07. The number of hydrogen-bond donors (Lipinski definition) is 1. The van der Waals surface area contributed by atoms with Gasteiger partial charge in [0.25, 0.3) is 5.56 Å². The number of aromatic nitrogens is 1. The number of ether oxygens (including phenoxy) is 1. The van der Waals surface area contributed by atoms with Crippen molar-refractivity contribution < 1.29 is 9.53 Å². The van der Waals surface area contributed by atoms with Gasteiger partial charge in [-0.25, -0.2) is 0 Å². The van der Waals surface area contributed by atoms with Crippen LogP contribution in [0.3, 0.4) is 0 Å². The zero-order chi connectivity index (χ0) is 16.2. The molecule has 0 atom stereocenters. The first-order chi connectivity index (χ1) is 11.2. The smallest absolute Gasteiger partial charge is 0.255 e. The van der Waals surface area contributed by atoms with Crippen LogP contribution in [0.4, 0.5) is 0 Å². The predicted octanol–water partition coefficient (Wildman–Crippen LogP) is 3.88. The van der Waals surface area contributed by atoms with E-state index in [1.807, 2.05) is 30.5 Å². The van der Waals surface area contributed by atoms with Gasteiger partial charge in [0.2, 0.25) is 0 Å². The van der Waals surface area contributed by atoms with Crippen molar-refractivity contribution in [3.8, 4) is 5.75 Å². The molecule has 0 radical (unpaired) electrons. The number of nitrogens with one attached hydrogen (secondary N) is 1. The van der Waals surface area contributed by atoms with Crippen LogP contribution in [0.25, 0.3) is 17.0 Å². The van der Waals surface area contributed by atoms with E-state index in [1.165, 1.54) is 17.4 Å². The van der Waals surface area contributed by atoms with Crippen LogP contribution in [0.15, 0.2) is 52.6 Å². The van der Waals surface area contributed by atoms with Gasteiger partial charge in [-0.05, 0) is 54.1 Å². The van der Waals surface area contributed by atoms with Crippen molar-refractivity contribution in [2.45, 2.75) is 6.92 Å². The topological polar surface area (TPSA) is 59.2 Å². The van der Waals surface area contributed by atoms with Crippen molar-refractivity contribution in [2.24, 2.45) is 0 Å². The minimum atomic E-state index is -0.235. The number of benzene rings is 1. The van der Waals surface area contributed by atoms with Gasteiger partial charge < -0.3 is 9.72 Å². The SMILES string of the molecule is CCOc1ccc2cc(C=CC(=O)c3cccs3)c(=O)[nH]c2c1. The lowest BCUT2D eigenvalue weighted by Gasteiger charge is -2.05. The highest BCUT2D eigenvalue weighted by Gasteiger charge is 2.05.